The van der Waals surface area contributed by atoms with Crippen molar-refractivity contribution in [3.8, 4) is 0 Å². The predicted molar refractivity (Wildman–Crippen MR) is 38.1 cm³/mol. The normalized spacial score (nSPS) is 29.7. The number of aliphatic carboxylic acids is 2. The Morgan fingerprint density at radius 1 is 1.17 bits per heavy atom. The Hall–Kier alpha value is -1.06. The molecule has 4 nitrogen and oxygen atoms in total. The molecule has 0 aliphatic heterocycles. The summed E-state index contributed by atoms with van der Waals surface area (Å²) in [5.74, 6) is -3.74. The van der Waals surface area contributed by atoms with E-state index in [9.17, 15) is 14.7 Å². The van der Waals surface area contributed by atoms with Crippen molar-refractivity contribution in [3.63, 3.8) is 0 Å². The molecule has 0 aromatic carbocycles. The zero-order valence-electron chi connectivity index (χ0n) is 6.66. The van der Waals surface area contributed by atoms with Crippen LogP contribution in [0.15, 0.2) is 0 Å². The third-order valence-corrected chi connectivity index (χ3v) is 2.39. The van der Waals surface area contributed by atoms with E-state index in [0.717, 1.165) is 12.8 Å². The minimum absolute atomic E-state index is 0.444. The molecule has 1 fully saturated rings. The second-order valence-corrected chi connectivity index (χ2v) is 3.15. The Morgan fingerprint density at radius 2 is 1.67 bits per heavy atom. The van der Waals surface area contributed by atoms with Crippen LogP contribution in [0.4, 0.5) is 0 Å². The molecule has 0 amide bonds. The van der Waals surface area contributed by atoms with Gasteiger partial charge in [0.15, 0.2) is 0 Å². The molecule has 4 heteroatoms. The van der Waals surface area contributed by atoms with E-state index in [1.807, 2.05) is 0 Å². The van der Waals surface area contributed by atoms with E-state index in [-0.39, 0.29) is 0 Å². The SMILES string of the molecule is O=C([O-])[C@H]1CCCC[C@H]1C(=O)O. The highest BCUT2D eigenvalue weighted by molar-refractivity contribution is 5.79. The van der Waals surface area contributed by atoms with Crippen molar-refractivity contribution in [1.82, 2.24) is 0 Å². The van der Waals surface area contributed by atoms with Crippen molar-refractivity contribution in [2.24, 2.45) is 11.8 Å². The van der Waals surface area contributed by atoms with Gasteiger partial charge in [-0.2, -0.15) is 0 Å². The standard InChI is InChI=1S/C8H12O4/c9-7(10)5-3-1-2-4-6(5)8(11)12/h5-6H,1-4H2,(H,9,10)(H,11,12)/p-1/t5-,6+. The zero-order valence-corrected chi connectivity index (χ0v) is 6.66. The summed E-state index contributed by atoms with van der Waals surface area (Å²) < 4.78 is 0. The van der Waals surface area contributed by atoms with Crippen LogP contribution in [-0.2, 0) is 9.59 Å². The first kappa shape index (κ1) is 9.03. The monoisotopic (exact) mass is 171 g/mol. The minimum Gasteiger partial charge on any atom is -0.550 e. The van der Waals surface area contributed by atoms with E-state index in [0.29, 0.717) is 12.8 Å². The molecule has 0 heterocycles. The first-order valence-corrected chi connectivity index (χ1v) is 4.06. The van der Waals surface area contributed by atoms with Crippen LogP contribution in [0.3, 0.4) is 0 Å². The molecule has 0 saturated heterocycles. The van der Waals surface area contributed by atoms with Crippen molar-refractivity contribution < 1.29 is 19.8 Å². The van der Waals surface area contributed by atoms with Crippen molar-refractivity contribution in [2.45, 2.75) is 25.7 Å². The number of hydrogen-bond acceptors (Lipinski definition) is 3. The van der Waals surface area contributed by atoms with E-state index in [1.54, 1.807) is 0 Å². The summed E-state index contributed by atoms with van der Waals surface area (Å²) in [5, 5.41) is 19.2. The lowest BCUT2D eigenvalue weighted by atomic mass is 9.79. The highest BCUT2D eigenvalue weighted by atomic mass is 16.4. The number of carboxylic acids is 2. The molecule has 1 rings (SSSR count). The number of carboxylic acid groups (broad SMARTS) is 2. The second-order valence-electron chi connectivity index (χ2n) is 3.15. The van der Waals surface area contributed by atoms with Crippen LogP contribution in [0.1, 0.15) is 25.7 Å². The molecule has 0 unspecified atom stereocenters. The summed E-state index contributed by atoms with van der Waals surface area (Å²) in [4.78, 5) is 21.1. The predicted octanol–water partition coefficient (Wildman–Crippen LogP) is -0.373. The molecule has 1 aliphatic carbocycles. The molecule has 0 radical (unpaired) electrons. The maximum absolute atomic E-state index is 10.6. The Bertz CT molecular complexity index is 177. The molecule has 1 aliphatic rings. The highest BCUT2D eigenvalue weighted by Gasteiger charge is 2.31. The molecule has 1 saturated carbocycles. The Morgan fingerprint density at radius 3 is 2.00 bits per heavy atom. The topological polar surface area (TPSA) is 77.4 Å². The van der Waals surface area contributed by atoms with Gasteiger partial charge in [0, 0.05) is 11.9 Å². The van der Waals surface area contributed by atoms with Crippen LogP contribution in [-0.4, -0.2) is 17.0 Å². The largest absolute Gasteiger partial charge is 0.550 e. The van der Waals surface area contributed by atoms with Gasteiger partial charge in [0.2, 0.25) is 0 Å². The van der Waals surface area contributed by atoms with Crippen LogP contribution in [0, 0.1) is 11.8 Å². The molecule has 1 N–H and O–H groups in total. The Kier molecular flexibility index (Phi) is 2.68. The molecular weight excluding hydrogens is 160 g/mol. The third-order valence-electron chi connectivity index (χ3n) is 2.39. The average Bonchev–Trinajstić information content (AvgIpc) is 2.04. The van der Waals surface area contributed by atoms with Crippen LogP contribution >= 0.6 is 0 Å². The lowest BCUT2D eigenvalue weighted by molar-refractivity contribution is -0.314. The van der Waals surface area contributed by atoms with Gasteiger partial charge in [0.05, 0.1) is 5.92 Å². The fraction of sp³-hybridized carbons (Fsp3) is 0.750. The van der Waals surface area contributed by atoms with E-state index in [4.69, 9.17) is 5.11 Å². The minimum atomic E-state index is -1.22. The van der Waals surface area contributed by atoms with Gasteiger partial charge in [0.1, 0.15) is 0 Å². The van der Waals surface area contributed by atoms with Gasteiger partial charge < -0.3 is 15.0 Å². The molecule has 0 bridgehead atoms. The fourth-order valence-corrected chi connectivity index (χ4v) is 1.71. The van der Waals surface area contributed by atoms with Gasteiger partial charge in [-0.25, -0.2) is 0 Å². The number of carbonyl (C=O) groups is 2. The lowest BCUT2D eigenvalue weighted by Gasteiger charge is -2.28. The molecule has 12 heavy (non-hydrogen) atoms. The van der Waals surface area contributed by atoms with Crippen molar-refractivity contribution in [1.29, 1.82) is 0 Å². The average molecular weight is 171 g/mol. The lowest BCUT2D eigenvalue weighted by Crippen LogP contribution is -2.40. The number of rotatable bonds is 2. The van der Waals surface area contributed by atoms with Crippen molar-refractivity contribution in [2.75, 3.05) is 0 Å². The van der Waals surface area contributed by atoms with Gasteiger partial charge in [-0.15, -0.1) is 0 Å². The summed E-state index contributed by atoms with van der Waals surface area (Å²) >= 11 is 0. The van der Waals surface area contributed by atoms with Crippen LogP contribution in [0.2, 0.25) is 0 Å². The van der Waals surface area contributed by atoms with E-state index >= 15 is 0 Å². The van der Waals surface area contributed by atoms with Gasteiger partial charge in [0.25, 0.3) is 0 Å². The molecule has 0 aromatic rings. The summed E-state index contributed by atoms with van der Waals surface area (Å²) in [6.45, 7) is 0. The van der Waals surface area contributed by atoms with E-state index in [2.05, 4.69) is 0 Å². The van der Waals surface area contributed by atoms with Crippen molar-refractivity contribution >= 4 is 11.9 Å². The fourth-order valence-electron chi connectivity index (χ4n) is 1.71. The zero-order chi connectivity index (χ0) is 9.14. The highest BCUT2D eigenvalue weighted by Crippen LogP contribution is 2.29. The molecule has 0 spiro atoms. The molecular formula is C8H11O4-. The van der Waals surface area contributed by atoms with Gasteiger partial charge in [-0.1, -0.05) is 12.8 Å². The van der Waals surface area contributed by atoms with Gasteiger partial charge in [-0.05, 0) is 12.8 Å². The first-order valence-electron chi connectivity index (χ1n) is 4.06. The summed E-state index contributed by atoms with van der Waals surface area (Å²) in [7, 11) is 0. The summed E-state index contributed by atoms with van der Waals surface area (Å²) in [6, 6.07) is 0. The quantitative estimate of drug-likeness (QED) is 0.614. The number of carbonyl (C=O) groups excluding carboxylic acids is 1. The summed E-state index contributed by atoms with van der Waals surface area (Å²) in [6.07, 6.45) is 2.51. The van der Waals surface area contributed by atoms with Crippen LogP contribution in [0.25, 0.3) is 0 Å². The van der Waals surface area contributed by atoms with Crippen LogP contribution < -0.4 is 5.11 Å². The number of hydrogen-bond donors (Lipinski definition) is 1. The van der Waals surface area contributed by atoms with E-state index in [1.165, 1.54) is 0 Å². The first-order chi connectivity index (χ1) is 5.63. The van der Waals surface area contributed by atoms with Gasteiger partial charge in [-0.3, -0.25) is 4.79 Å². The summed E-state index contributed by atoms with van der Waals surface area (Å²) in [5.41, 5.74) is 0. The molecule has 0 aromatic heterocycles. The van der Waals surface area contributed by atoms with Gasteiger partial charge >= 0.3 is 5.97 Å². The Labute approximate surface area is 70.2 Å². The van der Waals surface area contributed by atoms with Crippen LogP contribution in [0.5, 0.6) is 0 Å². The maximum Gasteiger partial charge on any atom is 0.307 e. The third kappa shape index (κ3) is 1.75. The second kappa shape index (κ2) is 3.56. The maximum atomic E-state index is 10.6. The smallest absolute Gasteiger partial charge is 0.307 e. The molecule has 68 valence electrons. The van der Waals surface area contributed by atoms with E-state index < -0.39 is 23.8 Å². The Balaban J connectivity index is 2.67. The molecule has 2 atom stereocenters. The van der Waals surface area contributed by atoms with Crippen molar-refractivity contribution in [3.05, 3.63) is 0 Å².